The van der Waals surface area contributed by atoms with Crippen molar-refractivity contribution in [3.63, 3.8) is 0 Å². The van der Waals surface area contributed by atoms with Crippen LogP contribution in [0.4, 0.5) is 10.2 Å². The summed E-state index contributed by atoms with van der Waals surface area (Å²) in [4.78, 5) is 0.205. The first-order valence-electron chi connectivity index (χ1n) is 8.74. The van der Waals surface area contributed by atoms with Gasteiger partial charge in [0.15, 0.2) is 9.84 Å². The fourth-order valence-corrected chi connectivity index (χ4v) is 3.83. The van der Waals surface area contributed by atoms with Crippen LogP contribution in [0.25, 0.3) is 5.69 Å². The number of nitrogens with one attached hydrogen (secondary N) is 1. The Morgan fingerprint density at radius 3 is 2.46 bits per heavy atom. The van der Waals surface area contributed by atoms with E-state index in [-0.39, 0.29) is 10.7 Å². The van der Waals surface area contributed by atoms with Gasteiger partial charge in [0.05, 0.1) is 27.7 Å². The molecule has 0 saturated carbocycles. The second-order valence-electron chi connectivity index (χ2n) is 6.51. The van der Waals surface area contributed by atoms with Crippen LogP contribution in [-0.2, 0) is 9.84 Å². The minimum absolute atomic E-state index is 0.205. The number of para-hydroxylation sites is 1. The SMILES string of the molecule is C/C(=N\Nc1ccnn1-c1ccccc1S(=O)(=O)C(C)C)c1ccc(F)cc1. The Morgan fingerprint density at radius 2 is 1.79 bits per heavy atom. The molecular formula is C20H21FN4O2S. The van der Waals surface area contributed by atoms with Crippen LogP contribution in [0.1, 0.15) is 26.3 Å². The average molecular weight is 400 g/mol. The lowest BCUT2D eigenvalue weighted by Gasteiger charge is -2.14. The van der Waals surface area contributed by atoms with Crippen molar-refractivity contribution in [2.45, 2.75) is 30.9 Å². The van der Waals surface area contributed by atoms with E-state index in [4.69, 9.17) is 0 Å². The van der Waals surface area contributed by atoms with Gasteiger partial charge in [0, 0.05) is 6.07 Å². The van der Waals surface area contributed by atoms with Gasteiger partial charge in [-0.25, -0.2) is 17.5 Å². The van der Waals surface area contributed by atoms with Gasteiger partial charge in [-0.3, -0.25) is 5.43 Å². The fraction of sp³-hybridized carbons (Fsp3) is 0.200. The summed E-state index contributed by atoms with van der Waals surface area (Å²) in [5, 5.41) is 8.01. The maximum Gasteiger partial charge on any atom is 0.182 e. The van der Waals surface area contributed by atoms with E-state index in [0.717, 1.165) is 5.56 Å². The molecule has 146 valence electrons. The van der Waals surface area contributed by atoms with Crippen molar-refractivity contribution in [2.75, 3.05) is 5.43 Å². The lowest BCUT2D eigenvalue weighted by molar-refractivity contribution is 0.586. The van der Waals surface area contributed by atoms with E-state index in [9.17, 15) is 12.8 Å². The highest BCUT2D eigenvalue weighted by Crippen LogP contribution is 2.26. The summed E-state index contributed by atoms with van der Waals surface area (Å²) in [6.07, 6.45) is 1.56. The molecule has 0 unspecified atom stereocenters. The zero-order chi connectivity index (χ0) is 20.3. The normalized spacial score (nSPS) is 12.4. The molecule has 0 bridgehead atoms. The summed E-state index contributed by atoms with van der Waals surface area (Å²) >= 11 is 0. The van der Waals surface area contributed by atoms with Crippen LogP contribution >= 0.6 is 0 Å². The van der Waals surface area contributed by atoms with Crippen molar-refractivity contribution < 1.29 is 12.8 Å². The van der Waals surface area contributed by atoms with E-state index in [2.05, 4.69) is 15.6 Å². The topological polar surface area (TPSA) is 76.3 Å². The van der Waals surface area contributed by atoms with Gasteiger partial charge in [0.2, 0.25) is 0 Å². The first-order chi connectivity index (χ1) is 13.3. The van der Waals surface area contributed by atoms with Crippen LogP contribution in [0, 0.1) is 5.82 Å². The van der Waals surface area contributed by atoms with E-state index < -0.39 is 15.1 Å². The van der Waals surface area contributed by atoms with Crippen molar-refractivity contribution in [1.29, 1.82) is 0 Å². The highest BCUT2D eigenvalue weighted by Gasteiger charge is 2.24. The summed E-state index contributed by atoms with van der Waals surface area (Å²) in [6.45, 7) is 5.08. The van der Waals surface area contributed by atoms with E-state index in [1.165, 1.54) is 16.8 Å². The van der Waals surface area contributed by atoms with E-state index in [0.29, 0.717) is 17.2 Å². The Kier molecular flexibility index (Phi) is 5.60. The number of benzene rings is 2. The van der Waals surface area contributed by atoms with Gasteiger partial charge in [-0.05, 0) is 50.6 Å². The quantitative estimate of drug-likeness (QED) is 0.501. The predicted molar refractivity (Wildman–Crippen MR) is 108 cm³/mol. The highest BCUT2D eigenvalue weighted by molar-refractivity contribution is 7.92. The molecular weight excluding hydrogens is 379 g/mol. The van der Waals surface area contributed by atoms with Crippen LogP contribution in [0.3, 0.4) is 0 Å². The third-order valence-electron chi connectivity index (χ3n) is 4.26. The summed E-state index contributed by atoms with van der Waals surface area (Å²) < 4.78 is 40.0. The first kappa shape index (κ1) is 19.8. The monoisotopic (exact) mass is 400 g/mol. The zero-order valence-electron chi connectivity index (χ0n) is 15.8. The molecule has 0 aliphatic heterocycles. The molecule has 0 radical (unpaired) electrons. The number of hydrazone groups is 1. The smallest absolute Gasteiger partial charge is 0.182 e. The number of halogens is 1. The van der Waals surface area contributed by atoms with Gasteiger partial charge < -0.3 is 0 Å². The molecule has 8 heteroatoms. The Morgan fingerprint density at radius 1 is 1.11 bits per heavy atom. The minimum atomic E-state index is -3.49. The third kappa shape index (κ3) is 3.96. The van der Waals surface area contributed by atoms with Crippen LogP contribution in [0.2, 0.25) is 0 Å². The molecule has 28 heavy (non-hydrogen) atoms. The summed E-state index contributed by atoms with van der Waals surface area (Å²) in [6, 6.07) is 14.4. The molecule has 0 aliphatic rings. The van der Waals surface area contributed by atoms with Crippen molar-refractivity contribution in [1.82, 2.24) is 9.78 Å². The summed E-state index contributed by atoms with van der Waals surface area (Å²) in [5.74, 6) is 0.193. The minimum Gasteiger partial charge on any atom is -0.261 e. The van der Waals surface area contributed by atoms with E-state index >= 15 is 0 Å². The molecule has 3 rings (SSSR count). The number of hydrogen-bond donors (Lipinski definition) is 1. The molecule has 1 aromatic heterocycles. The van der Waals surface area contributed by atoms with E-state index in [1.807, 2.05) is 0 Å². The number of sulfone groups is 1. The molecule has 0 saturated heterocycles. The molecule has 3 aromatic rings. The third-order valence-corrected chi connectivity index (χ3v) is 6.46. The van der Waals surface area contributed by atoms with E-state index in [1.54, 1.807) is 69.4 Å². The van der Waals surface area contributed by atoms with Crippen molar-refractivity contribution in [3.8, 4) is 5.69 Å². The maximum absolute atomic E-state index is 13.1. The lowest BCUT2D eigenvalue weighted by Crippen LogP contribution is -2.17. The molecule has 0 fully saturated rings. The van der Waals surface area contributed by atoms with Crippen molar-refractivity contribution in [3.05, 3.63) is 72.2 Å². The zero-order valence-corrected chi connectivity index (χ0v) is 16.6. The number of anilines is 1. The summed E-state index contributed by atoms with van der Waals surface area (Å²) in [7, 11) is -3.49. The highest BCUT2D eigenvalue weighted by atomic mass is 32.2. The molecule has 0 aliphatic carbocycles. The molecule has 1 N–H and O–H groups in total. The molecule has 0 spiro atoms. The molecule has 1 heterocycles. The molecule has 2 aromatic carbocycles. The second kappa shape index (κ2) is 7.93. The largest absolute Gasteiger partial charge is 0.261 e. The lowest BCUT2D eigenvalue weighted by atomic mass is 10.1. The predicted octanol–water partition coefficient (Wildman–Crippen LogP) is 4.03. The number of rotatable bonds is 6. The second-order valence-corrected chi connectivity index (χ2v) is 8.98. The fourth-order valence-electron chi connectivity index (χ4n) is 2.60. The van der Waals surface area contributed by atoms with Crippen LogP contribution < -0.4 is 5.43 Å². The maximum atomic E-state index is 13.1. The Hall–Kier alpha value is -3.00. The summed E-state index contributed by atoms with van der Waals surface area (Å²) in [5.41, 5.74) is 4.77. The van der Waals surface area contributed by atoms with Gasteiger partial charge in [0.1, 0.15) is 11.6 Å². The Balaban J connectivity index is 1.96. The first-order valence-corrected chi connectivity index (χ1v) is 10.3. The van der Waals surface area contributed by atoms with Gasteiger partial charge in [-0.15, -0.1) is 0 Å². The molecule has 0 atom stereocenters. The molecule has 0 amide bonds. The molecule has 6 nitrogen and oxygen atoms in total. The van der Waals surface area contributed by atoms with Crippen molar-refractivity contribution in [2.24, 2.45) is 5.10 Å². The Labute approximate surface area is 163 Å². The van der Waals surface area contributed by atoms with Crippen LogP contribution in [-0.4, -0.2) is 29.2 Å². The number of aromatic nitrogens is 2. The van der Waals surface area contributed by atoms with Crippen LogP contribution in [0.5, 0.6) is 0 Å². The van der Waals surface area contributed by atoms with Gasteiger partial charge in [0.25, 0.3) is 0 Å². The Bertz CT molecular complexity index is 1100. The standard InChI is InChI=1S/C20H21FN4O2S/c1-14(2)28(26,27)19-7-5-4-6-18(19)25-20(12-13-22-25)24-23-15(3)16-8-10-17(21)11-9-16/h4-14,24H,1-3H3/b23-15+. The average Bonchev–Trinajstić information content (AvgIpc) is 3.15. The van der Waals surface area contributed by atoms with Gasteiger partial charge in [-0.2, -0.15) is 10.2 Å². The van der Waals surface area contributed by atoms with Crippen molar-refractivity contribution >= 4 is 21.4 Å². The van der Waals surface area contributed by atoms with Crippen LogP contribution in [0.15, 0.2) is 70.8 Å². The number of hydrogen-bond acceptors (Lipinski definition) is 5. The van der Waals surface area contributed by atoms with Gasteiger partial charge in [-0.1, -0.05) is 24.3 Å². The number of nitrogens with zero attached hydrogens (tertiary/aromatic N) is 3. The van der Waals surface area contributed by atoms with Gasteiger partial charge >= 0.3 is 0 Å².